The minimum absolute atomic E-state index is 0.0264. The van der Waals surface area contributed by atoms with Crippen LogP contribution in [0.25, 0.3) is 0 Å². The number of hydrogen-bond acceptors (Lipinski definition) is 7. The third-order valence-electron chi connectivity index (χ3n) is 3.80. The van der Waals surface area contributed by atoms with Crippen molar-refractivity contribution in [3.05, 3.63) is 0 Å². The molecule has 0 radical (unpaired) electrons. The Kier molecular flexibility index (Phi) is 6.86. The van der Waals surface area contributed by atoms with Gasteiger partial charge in [-0.15, -0.1) is 0 Å². The number of aliphatic hydroxyl groups is 1. The minimum Gasteiger partial charge on any atom is -0.390 e. The van der Waals surface area contributed by atoms with Crippen molar-refractivity contribution in [3.63, 3.8) is 0 Å². The Morgan fingerprint density at radius 3 is 2.45 bits per heavy atom. The number of aliphatic hydroxyl groups excluding tert-OH is 1. The van der Waals surface area contributed by atoms with Gasteiger partial charge in [0.15, 0.2) is 0 Å². The molecule has 126 valence electrons. The van der Waals surface area contributed by atoms with E-state index in [2.05, 4.69) is 0 Å². The second kappa shape index (κ2) is 8.03. The molecule has 0 aromatic carbocycles. The molecule has 2 aliphatic rings. The van der Waals surface area contributed by atoms with Gasteiger partial charge in [-0.05, 0) is 24.2 Å². The van der Waals surface area contributed by atoms with Gasteiger partial charge in [-0.3, -0.25) is 4.52 Å². The Morgan fingerprint density at radius 1 is 1.23 bits per heavy atom. The smallest absolute Gasteiger partial charge is 0.387 e. The number of ether oxygens (including phenoxy) is 3. The van der Waals surface area contributed by atoms with E-state index in [0.717, 1.165) is 11.4 Å². The Labute approximate surface area is 136 Å². The van der Waals surface area contributed by atoms with E-state index in [9.17, 15) is 14.6 Å². The van der Waals surface area contributed by atoms with Crippen LogP contribution in [0.5, 0.6) is 0 Å². The SMILES string of the molecule is B[C@H]1CC(O)[C@@H](COP(=O)(O)SC2C[C@H](B)O[C@@H]2COC)O1. The Hall–Kier alpha value is 0.470. The monoisotopic (exact) mass is 352 g/mol. The van der Waals surface area contributed by atoms with Gasteiger partial charge < -0.3 is 24.2 Å². The summed E-state index contributed by atoms with van der Waals surface area (Å²) in [6.07, 6.45) is -0.240. The van der Waals surface area contributed by atoms with Gasteiger partial charge in [-0.1, -0.05) is 0 Å². The maximum Gasteiger partial charge on any atom is 0.387 e. The second-order valence-electron chi connectivity index (χ2n) is 5.87. The zero-order chi connectivity index (χ0) is 16.3. The van der Waals surface area contributed by atoms with Crippen LogP contribution < -0.4 is 0 Å². The fraction of sp³-hybridized carbons (Fsp3) is 1.00. The highest BCUT2D eigenvalue weighted by atomic mass is 32.7. The Bertz CT molecular complexity index is 418. The first-order valence-corrected chi connectivity index (χ1v) is 10.5. The van der Waals surface area contributed by atoms with Crippen LogP contribution in [-0.4, -0.2) is 81.6 Å². The summed E-state index contributed by atoms with van der Waals surface area (Å²) >= 11 is 0.893. The van der Waals surface area contributed by atoms with Crippen molar-refractivity contribution in [2.75, 3.05) is 20.3 Å². The summed E-state index contributed by atoms with van der Waals surface area (Å²) in [5.74, 6) is 0. The molecule has 7 nitrogen and oxygen atoms in total. The number of methoxy groups -OCH3 is 1. The van der Waals surface area contributed by atoms with Crippen molar-refractivity contribution in [2.24, 2.45) is 0 Å². The normalized spacial score (nSPS) is 41.6. The third-order valence-corrected chi connectivity index (χ3v) is 7.23. The predicted molar refractivity (Wildman–Crippen MR) is 88.7 cm³/mol. The number of rotatable bonds is 7. The summed E-state index contributed by atoms with van der Waals surface area (Å²) in [5, 5.41) is 9.61. The average molecular weight is 352 g/mol. The first kappa shape index (κ1) is 18.8. The summed E-state index contributed by atoms with van der Waals surface area (Å²) in [7, 11) is 5.35. The first-order chi connectivity index (χ1) is 10.3. The highest BCUT2D eigenvalue weighted by Gasteiger charge is 2.40. The molecule has 0 amide bonds. The van der Waals surface area contributed by atoms with E-state index in [1.54, 1.807) is 7.11 Å². The molecule has 0 saturated carbocycles. The molecule has 7 atom stereocenters. The quantitative estimate of drug-likeness (QED) is 0.432. The molecule has 2 N–H and O–H groups in total. The molecule has 2 heterocycles. The maximum absolute atomic E-state index is 12.2. The standard InChI is InChI=1S/C11H23B2O7PS/c1-17-4-8-9(3-11(13)20-8)22-21(15,16)18-5-7-6(14)2-10(12)19-7/h6-11,14H,2-5,12-13H2,1H3,(H,15,16)/t6?,7-,8-,9?,10-,11-/m1/s1. The van der Waals surface area contributed by atoms with Crippen LogP contribution in [0.2, 0.25) is 0 Å². The van der Waals surface area contributed by atoms with Crippen LogP contribution in [0.1, 0.15) is 12.8 Å². The van der Waals surface area contributed by atoms with Gasteiger partial charge in [0.05, 0.1) is 25.4 Å². The van der Waals surface area contributed by atoms with Gasteiger partial charge in [0, 0.05) is 24.4 Å². The molecule has 0 aliphatic carbocycles. The van der Waals surface area contributed by atoms with Gasteiger partial charge in [0.25, 0.3) is 0 Å². The van der Waals surface area contributed by atoms with Crippen LogP contribution in [-0.2, 0) is 23.3 Å². The van der Waals surface area contributed by atoms with Crippen molar-refractivity contribution < 1.29 is 33.3 Å². The van der Waals surface area contributed by atoms with Crippen LogP contribution in [0.3, 0.4) is 0 Å². The molecule has 11 heteroatoms. The summed E-state index contributed by atoms with van der Waals surface area (Å²) in [5.41, 5.74) is 0. The zero-order valence-corrected chi connectivity index (χ0v) is 14.8. The van der Waals surface area contributed by atoms with E-state index in [1.807, 2.05) is 15.7 Å². The predicted octanol–water partition coefficient (Wildman–Crippen LogP) is -1.29. The van der Waals surface area contributed by atoms with Gasteiger partial charge in [0.2, 0.25) is 0 Å². The summed E-state index contributed by atoms with van der Waals surface area (Å²) in [6, 6.07) is -0.0389. The maximum atomic E-state index is 12.2. The van der Waals surface area contributed by atoms with Crippen molar-refractivity contribution in [1.82, 2.24) is 0 Å². The van der Waals surface area contributed by atoms with E-state index in [0.29, 0.717) is 19.4 Å². The van der Waals surface area contributed by atoms with E-state index < -0.39 is 19.0 Å². The van der Waals surface area contributed by atoms with Gasteiger partial charge in [-0.2, -0.15) is 0 Å². The molecule has 2 rings (SSSR count). The molecular formula is C11H23B2O7PS. The van der Waals surface area contributed by atoms with Crippen LogP contribution in [0.15, 0.2) is 0 Å². The fourth-order valence-electron chi connectivity index (χ4n) is 2.80. The molecule has 0 aromatic heterocycles. The highest BCUT2D eigenvalue weighted by molar-refractivity contribution is 8.55. The fourth-order valence-corrected chi connectivity index (χ4v) is 6.23. The van der Waals surface area contributed by atoms with Gasteiger partial charge >= 0.3 is 6.80 Å². The van der Waals surface area contributed by atoms with E-state index >= 15 is 0 Å². The van der Waals surface area contributed by atoms with Crippen molar-refractivity contribution >= 4 is 33.9 Å². The van der Waals surface area contributed by atoms with Gasteiger partial charge in [0.1, 0.15) is 21.8 Å². The average Bonchev–Trinajstić information content (AvgIpc) is 2.90. The molecule has 22 heavy (non-hydrogen) atoms. The second-order valence-corrected chi connectivity index (χ2v) is 9.90. The lowest BCUT2D eigenvalue weighted by Crippen LogP contribution is -2.26. The molecule has 2 fully saturated rings. The zero-order valence-electron chi connectivity index (χ0n) is 13.1. The summed E-state index contributed by atoms with van der Waals surface area (Å²) < 4.78 is 33.6. The Morgan fingerprint density at radius 2 is 1.86 bits per heavy atom. The Balaban J connectivity index is 1.83. The van der Waals surface area contributed by atoms with Crippen LogP contribution >= 0.6 is 18.2 Å². The summed E-state index contributed by atoms with van der Waals surface area (Å²) in [4.78, 5) is 10.0. The lowest BCUT2D eigenvalue weighted by atomic mass is 9.96. The summed E-state index contributed by atoms with van der Waals surface area (Å²) in [6.45, 7) is -3.55. The van der Waals surface area contributed by atoms with Gasteiger partial charge in [-0.25, -0.2) is 4.57 Å². The third kappa shape index (κ3) is 5.24. The van der Waals surface area contributed by atoms with E-state index in [-0.39, 0.29) is 30.0 Å². The molecule has 0 aromatic rings. The minimum atomic E-state index is -3.84. The van der Waals surface area contributed by atoms with Crippen LogP contribution in [0, 0.1) is 0 Å². The highest BCUT2D eigenvalue weighted by Crippen LogP contribution is 2.60. The molecule has 0 bridgehead atoms. The topological polar surface area (TPSA) is 94.5 Å². The van der Waals surface area contributed by atoms with Crippen LogP contribution in [0.4, 0.5) is 0 Å². The lowest BCUT2D eigenvalue weighted by molar-refractivity contribution is 0.00146. The van der Waals surface area contributed by atoms with Crippen molar-refractivity contribution in [2.45, 2.75) is 48.4 Å². The van der Waals surface area contributed by atoms with Crippen molar-refractivity contribution in [3.8, 4) is 0 Å². The first-order valence-electron chi connectivity index (χ1n) is 7.44. The number of hydrogen-bond donors (Lipinski definition) is 2. The molecule has 3 unspecified atom stereocenters. The van der Waals surface area contributed by atoms with Crippen molar-refractivity contribution in [1.29, 1.82) is 0 Å². The molecular weight excluding hydrogens is 329 g/mol. The van der Waals surface area contributed by atoms with E-state index in [4.69, 9.17) is 18.7 Å². The molecule has 0 spiro atoms. The van der Waals surface area contributed by atoms with E-state index in [1.165, 1.54) is 0 Å². The largest absolute Gasteiger partial charge is 0.390 e. The lowest BCUT2D eigenvalue weighted by Gasteiger charge is -2.21. The molecule has 2 aliphatic heterocycles. The molecule has 2 saturated heterocycles.